The summed E-state index contributed by atoms with van der Waals surface area (Å²) in [4.78, 5) is 22.0. The highest BCUT2D eigenvalue weighted by atomic mass is 79.9. The molecule has 1 amide bonds. The van der Waals surface area contributed by atoms with E-state index >= 15 is 0 Å². The highest BCUT2D eigenvalue weighted by molar-refractivity contribution is 9.10. The van der Waals surface area contributed by atoms with Crippen LogP contribution in [0.2, 0.25) is 0 Å². The number of carbonyl (C=O) groups excluding carboxylic acids is 1. The Morgan fingerprint density at radius 1 is 1.50 bits per heavy atom. The minimum absolute atomic E-state index is 0.0728. The number of ether oxygens (including phenoxy) is 1. The van der Waals surface area contributed by atoms with Crippen LogP contribution in [-0.2, 0) is 9.63 Å². The first-order chi connectivity index (χ1) is 13.3. The van der Waals surface area contributed by atoms with E-state index in [0.29, 0.717) is 5.75 Å². The van der Waals surface area contributed by atoms with Gasteiger partial charge in [0.25, 0.3) is 5.91 Å². The Bertz CT molecular complexity index is 925. The van der Waals surface area contributed by atoms with Gasteiger partial charge in [0.1, 0.15) is 5.75 Å². The number of terminal acetylenes is 1. The molecular weight excluding hydrogens is 442 g/mol. The quantitative estimate of drug-likeness (QED) is 0.211. The van der Waals surface area contributed by atoms with E-state index in [1.807, 2.05) is 31.4 Å². The summed E-state index contributed by atoms with van der Waals surface area (Å²) in [6, 6.07) is 5.71. The largest absolute Gasteiger partial charge is 0.470 e. The number of hydrogen-bond donors (Lipinski definition) is 1. The summed E-state index contributed by atoms with van der Waals surface area (Å²) in [6.07, 6.45) is 10.2. The van der Waals surface area contributed by atoms with Crippen molar-refractivity contribution >= 4 is 50.7 Å². The molecule has 28 heavy (non-hydrogen) atoms. The van der Waals surface area contributed by atoms with Crippen LogP contribution in [0.4, 0.5) is 0 Å². The van der Waals surface area contributed by atoms with Crippen LogP contribution in [0.25, 0.3) is 10.9 Å². The summed E-state index contributed by atoms with van der Waals surface area (Å²) >= 11 is 4.73. The number of rotatable bonds is 8. The molecule has 8 heteroatoms. The van der Waals surface area contributed by atoms with Gasteiger partial charge in [-0.3, -0.25) is 9.78 Å². The summed E-state index contributed by atoms with van der Waals surface area (Å²) in [7, 11) is 0. The lowest BCUT2D eigenvalue weighted by Gasteiger charge is -2.24. The highest BCUT2D eigenvalue weighted by Gasteiger charge is 2.26. The van der Waals surface area contributed by atoms with E-state index in [1.165, 1.54) is 18.0 Å². The fourth-order valence-electron chi connectivity index (χ4n) is 2.42. The zero-order chi connectivity index (χ0) is 20.7. The molecule has 0 bridgehead atoms. The summed E-state index contributed by atoms with van der Waals surface area (Å²) in [6.45, 7) is 5.63. The second-order valence-corrected chi connectivity index (χ2v) is 8.39. The molecule has 0 aliphatic carbocycles. The van der Waals surface area contributed by atoms with Crippen LogP contribution in [0.15, 0.2) is 34.0 Å². The Morgan fingerprint density at radius 2 is 2.25 bits per heavy atom. The number of halogens is 1. The predicted molar refractivity (Wildman–Crippen MR) is 118 cm³/mol. The van der Waals surface area contributed by atoms with Gasteiger partial charge < -0.3 is 14.9 Å². The molecule has 6 nitrogen and oxygen atoms in total. The van der Waals surface area contributed by atoms with Gasteiger partial charge in [-0.2, -0.15) is 0 Å². The lowest BCUT2D eigenvalue weighted by molar-refractivity contribution is -0.125. The smallest absolute Gasteiger partial charge is 0.272 e. The third-order valence-corrected chi connectivity index (χ3v) is 4.80. The number of nitrogens with zero attached hydrogens (tertiary/aromatic N) is 2. The van der Waals surface area contributed by atoms with E-state index in [0.717, 1.165) is 20.9 Å². The Labute approximate surface area is 177 Å². The van der Waals surface area contributed by atoms with Gasteiger partial charge in [-0.1, -0.05) is 11.1 Å². The van der Waals surface area contributed by atoms with Crippen LogP contribution in [0.3, 0.4) is 0 Å². The Kier molecular flexibility index (Phi) is 7.72. The molecule has 1 aromatic heterocycles. The molecule has 1 atom stereocenters. The summed E-state index contributed by atoms with van der Waals surface area (Å²) in [5.41, 5.74) is 0.413. The van der Waals surface area contributed by atoms with Crippen molar-refractivity contribution in [2.45, 2.75) is 31.7 Å². The highest BCUT2D eigenvalue weighted by Crippen LogP contribution is 2.27. The number of benzene rings is 1. The minimum atomic E-state index is -0.726. The van der Waals surface area contributed by atoms with Crippen LogP contribution in [-0.4, -0.2) is 40.9 Å². The summed E-state index contributed by atoms with van der Waals surface area (Å²) in [5, 5.41) is 7.58. The van der Waals surface area contributed by atoms with Gasteiger partial charge in [0.15, 0.2) is 6.61 Å². The van der Waals surface area contributed by atoms with E-state index in [4.69, 9.17) is 16.0 Å². The predicted octanol–water partition coefficient (Wildman–Crippen LogP) is 3.90. The number of pyridine rings is 1. The molecule has 1 unspecified atom stereocenters. The van der Waals surface area contributed by atoms with Crippen molar-refractivity contribution < 1.29 is 14.4 Å². The van der Waals surface area contributed by atoms with Crippen molar-refractivity contribution in [1.29, 1.82) is 0 Å². The van der Waals surface area contributed by atoms with Crippen LogP contribution >= 0.6 is 27.7 Å². The fraction of sp³-hybridized carbons (Fsp3) is 0.350. The maximum Gasteiger partial charge on any atom is 0.272 e. The number of aromatic nitrogens is 1. The molecule has 0 saturated carbocycles. The number of hydrogen-bond acceptors (Lipinski definition) is 6. The van der Waals surface area contributed by atoms with Gasteiger partial charge in [-0.15, -0.1) is 18.2 Å². The first-order valence-electron chi connectivity index (χ1n) is 8.43. The molecular formula is C20H22BrN3O3S. The number of thioether (sulfide) groups is 1. The lowest BCUT2D eigenvalue weighted by Crippen LogP contribution is -2.49. The van der Waals surface area contributed by atoms with E-state index in [1.54, 1.807) is 20.0 Å². The zero-order valence-electron chi connectivity index (χ0n) is 16.2. The maximum absolute atomic E-state index is 12.7. The first-order valence-corrected chi connectivity index (χ1v) is 10.5. The van der Waals surface area contributed by atoms with Crippen molar-refractivity contribution in [3.05, 3.63) is 34.4 Å². The second-order valence-electron chi connectivity index (χ2n) is 6.57. The molecule has 1 heterocycles. The molecule has 148 valence electrons. The zero-order valence-corrected chi connectivity index (χ0v) is 18.6. The molecule has 2 aromatic rings. The molecule has 0 spiro atoms. The Balaban J connectivity index is 2.13. The molecule has 0 aliphatic rings. The maximum atomic E-state index is 12.7. The number of carbonyl (C=O) groups is 1. The van der Waals surface area contributed by atoms with Crippen LogP contribution in [0.1, 0.15) is 19.4 Å². The van der Waals surface area contributed by atoms with Crippen LogP contribution < -0.4 is 10.1 Å². The average molecular weight is 464 g/mol. The van der Waals surface area contributed by atoms with Gasteiger partial charge in [0, 0.05) is 16.1 Å². The lowest BCUT2D eigenvalue weighted by atomic mass is 10.1. The van der Waals surface area contributed by atoms with E-state index < -0.39 is 11.0 Å². The molecule has 0 saturated heterocycles. The molecule has 1 aromatic carbocycles. The van der Waals surface area contributed by atoms with Crippen molar-refractivity contribution in [3.63, 3.8) is 0 Å². The summed E-state index contributed by atoms with van der Waals surface area (Å²) in [5.74, 6) is 2.64. The van der Waals surface area contributed by atoms with Crippen molar-refractivity contribution in [1.82, 2.24) is 10.3 Å². The number of amides is 1. The molecule has 0 radical (unpaired) electrons. The number of aryl methyl sites for hydroxylation is 1. The van der Waals surface area contributed by atoms with Gasteiger partial charge in [-0.05, 0) is 66.7 Å². The third-order valence-electron chi connectivity index (χ3n) is 3.63. The fourth-order valence-corrected chi connectivity index (χ4v) is 3.25. The molecule has 0 aliphatic heterocycles. The van der Waals surface area contributed by atoms with Crippen molar-refractivity contribution in [3.8, 4) is 18.1 Å². The topological polar surface area (TPSA) is 72.8 Å². The number of fused-ring (bicyclic) bond motifs is 1. The SMILES string of the molecule is C#CCO/N=C/C(C)(C)NC(=O)C(Oc1cc(C)c2ncc(Br)cc2c1)SC. The molecule has 1 N–H and O–H groups in total. The summed E-state index contributed by atoms with van der Waals surface area (Å²) < 4.78 is 6.83. The Hall–Kier alpha value is -2.24. The number of nitrogens with one attached hydrogen (secondary N) is 1. The van der Waals surface area contributed by atoms with E-state index in [2.05, 4.69) is 37.3 Å². The minimum Gasteiger partial charge on any atom is -0.470 e. The van der Waals surface area contributed by atoms with Gasteiger partial charge in [0.05, 0.1) is 17.3 Å². The second kappa shape index (κ2) is 9.80. The van der Waals surface area contributed by atoms with Crippen LogP contribution in [0.5, 0.6) is 5.75 Å². The first kappa shape index (κ1) is 22.1. The van der Waals surface area contributed by atoms with Gasteiger partial charge >= 0.3 is 0 Å². The van der Waals surface area contributed by atoms with Gasteiger partial charge in [-0.25, -0.2) is 0 Å². The van der Waals surface area contributed by atoms with E-state index in [-0.39, 0.29) is 12.5 Å². The van der Waals surface area contributed by atoms with Crippen LogP contribution in [0, 0.1) is 19.3 Å². The van der Waals surface area contributed by atoms with Gasteiger partial charge in [0.2, 0.25) is 5.44 Å². The monoisotopic (exact) mass is 463 g/mol. The van der Waals surface area contributed by atoms with Crippen molar-refractivity contribution in [2.75, 3.05) is 12.9 Å². The van der Waals surface area contributed by atoms with E-state index in [9.17, 15) is 4.79 Å². The molecule has 0 fully saturated rings. The normalized spacial score (nSPS) is 12.6. The average Bonchev–Trinajstić information content (AvgIpc) is 2.62. The Morgan fingerprint density at radius 3 is 2.93 bits per heavy atom. The third kappa shape index (κ3) is 6.14. The number of oxime groups is 1. The standard InChI is InChI=1S/C20H22BrN3O3S/c1-6-7-26-23-12-20(3,4)24-18(25)19(28-5)27-16-8-13(2)17-14(10-16)9-15(21)11-22-17/h1,8-12,19H,7H2,2-5H3,(H,24,25)/b23-12+. The molecule has 2 rings (SSSR count). The van der Waals surface area contributed by atoms with Crippen molar-refractivity contribution in [2.24, 2.45) is 5.16 Å².